The van der Waals surface area contributed by atoms with Crippen LogP contribution in [0.2, 0.25) is 0 Å². The fourth-order valence-electron chi connectivity index (χ4n) is 0.214. The molecule has 0 fully saturated rings. The van der Waals surface area contributed by atoms with Crippen molar-refractivity contribution in [3.63, 3.8) is 0 Å². The molecule has 44 valence electrons. The van der Waals surface area contributed by atoms with E-state index in [2.05, 4.69) is 0 Å². The monoisotopic (exact) mass is 126 g/mol. The van der Waals surface area contributed by atoms with Crippen molar-refractivity contribution in [3.05, 3.63) is 7.43 Å². The zero-order valence-electron chi connectivity index (χ0n) is 5.77. The predicted molar refractivity (Wildman–Crippen MR) is 29.0 cm³/mol. The Hall–Kier alpha value is 0.470. The summed E-state index contributed by atoms with van der Waals surface area (Å²) in [6.07, 6.45) is 1.02. The average molecular weight is 126 g/mol. The second kappa shape index (κ2) is 10.5. The van der Waals surface area contributed by atoms with Gasteiger partial charge in [-0.3, -0.25) is 4.79 Å². The first-order valence-electron chi connectivity index (χ1n) is 1.99. The van der Waals surface area contributed by atoms with Gasteiger partial charge in [-0.25, -0.2) is 0 Å². The molecule has 2 nitrogen and oxygen atoms in total. The molecule has 0 aliphatic heterocycles. The fraction of sp³-hybridized carbons (Fsp3) is 0.600. The standard InChI is InChI=1S/C4H8O2.CH3.Na/c1-2-3-4(5)6;;/h2-3H2,1H3,(H,5,6);1H3;/q;-1;+1. The summed E-state index contributed by atoms with van der Waals surface area (Å²) < 4.78 is 0. The molecule has 0 unspecified atom stereocenters. The Morgan fingerprint density at radius 2 is 2.00 bits per heavy atom. The van der Waals surface area contributed by atoms with Crippen molar-refractivity contribution in [1.82, 2.24) is 0 Å². The molecule has 0 radical (unpaired) electrons. The zero-order chi connectivity index (χ0) is 4.99. The summed E-state index contributed by atoms with van der Waals surface area (Å²) in [4.78, 5) is 9.60. The topological polar surface area (TPSA) is 37.3 Å². The molecule has 0 heterocycles. The van der Waals surface area contributed by atoms with Gasteiger partial charge in [-0.1, -0.05) is 6.92 Å². The molecule has 0 saturated carbocycles. The molecule has 0 amide bonds. The van der Waals surface area contributed by atoms with Gasteiger partial charge in [0.25, 0.3) is 0 Å². The molecule has 0 aromatic heterocycles. The molecule has 1 N–H and O–H groups in total. The molecule has 0 aliphatic carbocycles. The average Bonchev–Trinajstić information content (AvgIpc) is 1.35. The largest absolute Gasteiger partial charge is 1.00 e. The van der Waals surface area contributed by atoms with E-state index in [4.69, 9.17) is 5.11 Å². The van der Waals surface area contributed by atoms with Crippen molar-refractivity contribution < 1.29 is 39.5 Å². The first-order chi connectivity index (χ1) is 2.77. The Bertz CT molecular complexity index is 54.4. The quantitative estimate of drug-likeness (QED) is 0.354. The van der Waals surface area contributed by atoms with E-state index in [-0.39, 0.29) is 37.0 Å². The third-order valence-corrected chi connectivity index (χ3v) is 0.464. The second-order valence-corrected chi connectivity index (χ2v) is 1.14. The van der Waals surface area contributed by atoms with E-state index >= 15 is 0 Å². The van der Waals surface area contributed by atoms with Gasteiger partial charge < -0.3 is 12.5 Å². The SMILES string of the molecule is CCCC(=O)O.[CH3-].[Na+]. The third-order valence-electron chi connectivity index (χ3n) is 0.464. The number of rotatable bonds is 2. The van der Waals surface area contributed by atoms with Crippen LogP contribution in [0, 0.1) is 7.43 Å². The van der Waals surface area contributed by atoms with E-state index in [1.807, 2.05) is 6.92 Å². The summed E-state index contributed by atoms with van der Waals surface area (Å²) >= 11 is 0. The van der Waals surface area contributed by atoms with E-state index in [0.29, 0.717) is 6.42 Å². The molecular weight excluding hydrogens is 115 g/mol. The Morgan fingerprint density at radius 3 is 2.00 bits per heavy atom. The molecule has 3 heteroatoms. The van der Waals surface area contributed by atoms with Gasteiger partial charge in [-0.05, 0) is 6.42 Å². The van der Waals surface area contributed by atoms with E-state index < -0.39 is 5.97 Å². The molecule has 0 aromatic carbocycles. The van der Waals surface area contributed by atoms with Crippen LogP contribution in [0.25, 0.3) is 0 Å². The minimum absolute atomic E-state index is 0. The number of hydrogen-bond donors (Lipinski definition) is 1. The van der Waals surface area contributed by atoms with Crippen LogP contribution in [0.3, 0.4) is 0 Å². The van der Waals surface area contributed by atoms with Gasteiger partial charge in [0.15, 0.2) is 0 Å². The molecule has 8 heavy (non-hydrogen) atoms. The van der Waals surface area contributed by atoms with E-state index in [9.17, 15) is 4.79 Å². The molecule has 0 aromatic rings. The van der Waals surface area contributed by atoms with Crippen molar-refractivity contribution in [1.29, 1.82) is 0 Å². The molecule has 0 rings (SSSR count). The van der Waals surface area contributed by atoms with Gasteiger partial charge in [0, 0.05) is 6.42 Å². The third kappa shape index (κ3) is 16.1. The number of carbonyl (C=O) groups is 1. The van der Waals surface area contributed by atoms with Gasteiger partial charge in [-0.15, -0.1) is 0 Å². The van der Waals surface area contributed by atoms with Crippen LogP contribution in [0.1, 0.15) is 19.8 Å². The maximum Gasteiger partial charge on any atom is 1.00 e. The van der Waals surface area contributed by atoms with E-state index in [1.165, 1.54) is 0 Å². The van der Waals surface area contributed by atoms with Crippen LogP contribution in [-0.4, -0.2) is 11.1 Å². The van der Waals surface area contributed by atoms with Crippen molar-refractivity contribution in [2.45, 2.75) is 19.8 Å². The number of aliphatic carboxylic acids is 1. The van der Waals surface area contributed by atoms with Crippen LogP contribution in [-0.2, 0) is 4.79 Å². The summed E-state index contributed by atoms with van der Waals surface area (Å²) in [5, 5.41) is 7.91. The summed E-state index contributed by atoms with van der Waals surface area (Å²) in [6.45, 7) is 1.84. The Labute approximate surface area is 72.6 Å². The smallest absolute Gasteiger partial charge is 0.481 e. The minimum Gasteiger partial charge on any atom is -0.481 e. The zero-order valence-corrected chi connectivity index (χ0v) is 7.77. The van der Waals surface area contributed by atoms with E-state index in [1.54, 1.807) is 0 Å². The van der Waals surface area contributed by atoms with Gasteiger partial charge in [0.1, 0.15) is 0 Å². The van der Waals surface area contributed by atoms with Crippen molar-refractivity contribution in [2.24, 2.45) is 0 Å². The molecule has 0 saturated heterocycles. The molecule has 0 atom stereocenters. The summed E-state index contributed by atoms with van der Waals surface area (Å²) in [7, 11) is 0. The first kappa shape index (κ1) is 15.8. The molecule has 0 aliphatic rings. The van der Waals surface area contributed by atoms with E-state index in [0.717, 1.165) is 6.42 Å². The van der Waals surface area contributed by atoms with Crippen molar-refractivity contribution >= 4 is 5.97 Å². The van der Waals surface area contributed by atoms with Crippen molar-refractivity contribution in [2.75, 3.05) is 0 Å². The van der Waals surface area contributed by atoms with Crippen LogP contribution < -0.4 is 29.6 Å². The maximum absolute atomic E-state index is 9.60. The Kier molecular flexibility index (Phi) is 20.6. The maximum atomic E-state index is 9.60. The normalized spacial score (nSPS) is 6.12. The summed E-state index contributed by atoms with van der Waals surface area (Å²) in [5.74, 6) is -0.711. The summed E-state index contributed by atoms with van der Waals surface area (Å²) in [5.41, 5.74) is 0. The van der Waals surface area contributed by atoms with Gasteiger partial charge >= 0.3 is 35.5 Å². The second-order valence-electron chi connectivity index (χ2n) is 1.14. The Balaban J connectivity index is -0.000000125. The fourth-order valence-corrected chi connectivity index (χ4v) is 0.214. The van der Waals surface area contributed by atoms with Crippen LogP contribution >= 0.6 is 0 Å². The first-order valence-corrected chi connectivity index (χ1v) is 1.99. The van der Waals surface area contributed by atoms with Gasteiger partial charge in [0.05, 0.1) is 0 Å². The summed E-state index contributed by atoms with van der Waals surface area (Å²) in [6, 6.07) is 0. The predicted octanol–water partition coefficient (Wildman–Crippen LogP) is -1.67. The minimum atomic E-state index is -0.711. The number of hydrogen-bond acceptors (Lipinski definition) is 1. The van der Waals surface area contributed by atoms with Crippen molar-refractivity contribution in [3.8, 4) is 0 Å². The molecule has 0 bridgehead atoms. The van der Waals surface area contributed by atoms with Gasteiger partial charge in [-0.2, -0.15) is 0 Å². The van der Waals surface area contributed by atoms with Crippen LogP contribution in [0.5, 0.6) is 0 Å². The van der Waals surface area contributed by atoms with Crippen LogP contribution in [0.15, 0.2) is 0 Å². The van der Waals surface area contributed by atoms with Gasteiger partial charge in [0.2, 0.25) is 0 Å². The molecule has 0 spiro atoms. The molecular formula is C5H11NaO2. The number of carboxylic acid groups (broad SMARTS) is 1. The number of carboxylic acids is 1. The van der Waals surface area contributed by atoms with Crippen LogP contribution in [0.4, 0.5) is 0 Å². The Morgan fingerprint density at radius 1 is 1.62 bits per heavy atom.